The van der Waals surface area contributed by atoms with E-state index in [4.69, 9.17) is 23.7 Å². The highest BCUT2D eigenvalue weighted by Crippen LogP contribution is 2.09. The Hall–Kier alpha value is -4.60. The van der Waals surface area contributed by atoms with E-state index in [2.05, 4.69) is 21.8 Å². The molecule has 0 radical (unpaired) electrons. The van der Waals surface area contributed by atoms with Crippen LogP contribution in [-0.2, 0) is 63.7 Å². The molecular formula is C35H49N3O12. The maximum absolute atomic E-state index is 12.7. The van der Waals surface area contributed by atoms with Crippen molar-refractivity contribution in [1.82, 2.24) is 14.7 Å². The first kappa shape index (κ1) is 41.6. The van der Waals surface area contributed by atoms with Crippen LogP contribution in [0, 0.1) is 0 Å². The molecule has 50 heavy (non-hydrogen) atoms. The van der Waals surface area contributed by atoms with Crippen molar-refractivity contribution in [2.45, 2.75) is 45.9 Å². The number of esters is 4. The van der Waals surface area contributed by atoms with Crippen molar-refractivity contribution in [1.29, 1.82) is 0 Å². The summed E-state index contributed by atoms with van der Waals surface area (Å²) in [5.74, 6) is -3.97. The highest BCUT2D eigenvalue weighted by molar-refractivity contribution is 5.93. The zero-order valence-electron chi connectivity index (χ0n) is 29.3. The minimum atomic E-state index is -0.872. The second-order valence-corrected chi connectivity index (χ2v) is 11.5. The molecule has 0 bridgehead atoms. The molecule has 15 nitrogen and oxygen atoms in total. The predicted molar refractivity (Wildman–Crippen MR) is 179 cm³/mol. The van der Waals surface area contributed by atoms with Gasteiger partial charge in [-0.15, -0.1) is 0 Å². The van der Waals surface area contributed by atoms with Crippen LogP contribution in [0.1, 0.15) is 32.8 Å². The lowest BCUT2D eigenvalue weighted by Gasteiger charge is -2.34. The third-order valence-corrected chi connectivity index (χ3v) is 7.26. The third kappa shape index (κ3) is 18.2. The average Bonchev–Trinajstić information content (AvgIpc) is 3.10. The van der Waals surface area contributed by atoms with Crippen LogP contribution in [0.5, 0.6) is 0 Å². The number of benzene rings is 1. The summed E-state index contributed by atoms with van der Waals surface area (Å²) in [6.45, 7) is 8.67. The molecule has 0 aliphatic carbocycles. The third-order valence-electron chi connectivity index (χ3n) is 7.26. The van der Waals surface area contributed by atoms with Gasteiger partial charge in [-0.25, -0.2) is 19.2 Å². The number of carbonyl (C=O) groups is 6. The molecule has 276 valence electrons. The van der Waals surface area contributed by atoms with E-state index >= 15 is 0 Å². The van der Waals surface area contributed by atoms with Gasteiger partial charge in [-0.05, 0) is 26.3 Å². The molecule has 1 heterocycles. The zero-order valence-corrected chi connectivity index (χ0v) is 29.3. The highest BCUT2D eigenvalue weighted by atomic mass is 16.5. The van der Waals surface area contributed by atoms with E-state index in [-0.39, 0.29) is 51.0 Å². The molecule has 15 heteroatoms. The minimum Gasteiger partial charge on any atom is -0.466 e. The van der Waals surface area contributed by atoms with Gasteiger partial charge in [0.1, 0.15) is 0 Å². The molecule has 0 N–H and O–H groups in total. The Morgan fingerprint density at radius 3 is 1.88 bits per heavy atom. The second kappa shape index (κ2) is 23.7. The van der Waals surface area contributed by atoms with Crippen LogP contribution in [0.3, 0.4) is 0 Å². The van der Waals surface area contributed by atoms with Gasteiger partial charge in [0.05, 0.1) is 39.1 Å². The molecule has 0 saturated carbocycles. The van der Waals surface area contributed by atoms with Crippen molar-refractivity contribution in [3.05, 3.63) is 60.2 Å². The summed E-state index contributed by atoms with van der Waals surface area (Å²) in [5.41, 5.74) is 1.21. The maximum Gasteiger partial charge on any atom is 0.331 e. The van der Waals surface area contributed by atoms with E-state index in [1.54, 1.807) is 11.8 Å². The lowest BCUT2D eigenvalue weighted by atomic mass is 10.2. The topological polar surface area (TPSA) is 168 Å². The SMILES string of the molecule is COC(=O)/C=C/C(=O)OCC(=O)N(CCOC(C)C)CCOC(C)CCOC(=O)/C=C/C(=O)OCC(=O)N1CCN(Cc2ccccc2)CC1. The van der Waals surface area contributed by atoms with Crippen LogP contribution in [-0.4, -0.2) is 142 Å². The van der Waals surface area contributed by atoms with Gasteiger partial charge in [0, 0.05) is 76.5 Å². The molecule has 1 aromatic carbocycles. The van der Waals surface area contributed by atoms with Gasteiger partial charge in [-0.2, -0.15) is 0 Å². The molecule has 1 aliphatic heterocycles. The van der Waals surface area contributed by atoms with Crippen LogP contribution in [0.25, 0.3) is 0 Å². The first-order valence-corrected chi connectivity index (χ1v) is 16.5. The van der Waals surface area contributed by atoms with Crippen molar-refractivity contribution >= 4 is 35.7 Å². The number of methoxy groups -OCH3 is 1. The number of rotatable bonds is 21. The largest absolute Gasteiger partial charge is 0.466 e. The summed E-state index contributed by atoms with van der Waals surface area (Å²) in [6.07, 6.45) is 3.55. The number of piperazine rings is 1. The number of nitrogens with zero attached hydrogens (tertiary/aromatic N) is 3. The first-order valence-electron chi connectivity index (χ1n) is 16.5. The lowest BCUT2D eigenvalue weighted by molar-refractivity contribution is -0.149. The number of hydrogen-bond donors (Lipinski definition) is 0. The Balaban J connectivity index is 1.63. The smallest absolute Gasteiger partial charge is 0.331 e. The highest BCUT2D eigenvalue weighted by Gasteiger charge is 2.22. The van der Waals surface area contributed by atoms with Crippen LogP contribution in [0.15, 0.2) is 54.6 Å². The molecule has 2 amide bonds. The van der Waals surface area contributed by atoms with E-state index in [1.807, 2.05) is 32.0 Å². The Morgan fingerprint density at radius 1 is 0.720 bits per heavy atom. The average molecular weight is 704 g/mol. The van der Waals surface area contributed by atoms with Crippen molar-refractivity contribution < 1.29 is 57.2 Å². The molecule has 1 aliphatic rings. The van der Waals surface area contributed by atoms with E-state index in [0.29, 0.717) is 32.6 Å². The first-order chi connectivity index (χ1) is 24.0. The molecule has 2 rings (SSSR count). The van der Waals surface area contributed by atoms with Gasteiger partial charge in [-0.1, -0.05) is 30.3 Å². The quantitative estimate of drug-likeness (QED) is 0.102. The lowest BCUT2D eigenvalue weighted by Crippen LogP contribution is -2.49. The number of ether oxygens (including phenoxy) is 6. The van der Waals surface area contributed by atoms with Gasteiger partial charge in [0.15, 0.2) is 13.2 Å². The number of carbonyl (C=O) groups excluding carboxylic acids is 6. The van der Waals surface area contributed by atoms with Crippen LogP contribution in [0.4, 0.5) is 0 Å². The van der Waals surface area contributed by atoms with Crippen LogP contribution in [0.2, 0.25) is 0 Å². The molecule has 1 fully saturated rings. The normalized spacial score (nSPS) is 14.1. The van der Waals surface area contributed by atoms with Gasteiger partial charge < -0.3 is 38.2 Å². The summed E-state index contributed by atoms with van der Waals surface area (Å²) in [4.78, 5) is 77.4. The summed E-state index contributed by atoms with van der Waals surface area (Å²) in [5, 5.41) is 0. The number of amides is 2. The molecular weight excluding hydrogens is 654 g/mol. The van der Waals surface area contributed by atoms with E-state index in [0.717, 1.165) is 38.0 Å². The summed E-state index contributed by atoms with van der Waals surface area (Å²) >= 11 is 0. The molecule has 1 saturated heterocycles. The standard InChI is InChI=1S/C35H49N3O12/c1-27(2)46-22-19-38(31(40)26-50-34(43)11-10-32(41)45-4)20-23-47-28(3)14-21-48-33(42)12-13-35(44)49-25-30(39)37-17-15-36(16-18-37)24-29-8-6-5-7-9-29/h5-13,27-28H,14-26H2,1-4H3/b11-10+,13-12+. The van der Waals surface area contributed by atoms with E-state index < -0.39 is 43.0 Å². The van der Waals surface area contributed by atoms with E-state index in [1.165, 1.54) is 10.5 Å². The van der Waals surface area contributed by atoms with Gasteiger partial charge in [0.25, 0.3) is 11.8 Å². The fourth-order valence-electron chi connectivity index (χ4n) is 4.46. The second-order valence-electron chi connectivity index (χ2n) is 11.5. The molecule has 1 aromatic rings. The van der Waals surface area contributed by atoms with Crippen molar-refractivity contribution in [3.63, 3.8) is 0 Å². The van der Waals surface area contributed by atoms with Crippen LogP contribution < -0.4 is 0 Å². The van der Waals surface area contributed by atoms with Crippen molar-refractivity contribution in [2.24, 2.45) is 0 Å². The monoisotopic (exact) mass is 703 g/mol. The number of hydrogen-bond acceptors (Lipinski definition) is 13. The van der Waals surface area contributed by atoms with Gasteiger partial charge in [-0.3, -0.25) is 14.5 Å². The molecule has 0 spiro atoms. The van der Waals surface area contributed by atoms with Crippen molar-refractivity contribution in [2.75, 3.05) is 79.4 Å². The fourth-order valence-corrected chi connectivity index (χ4v) is 4.46. The maximum atomic E-state index is 12.7. The molecule has 0 aromatic heterocycles. The Bertz CT molecular complexity index is 1290. The van der Waals surface area contributed by atoms with Crippen LogP contribution >= 0.6 is 0 Å². The Kier molecular flexibility index (Phi) is 19.7. The summed E-state index contributed by atoms with van der Waals surface area (Å²) < 4.78 is 30.7. The Labute approximate surface area is 293 Å². The molecule has 1 unspecified atom stereocenters. The summed E-state index contributed by atoms with van der Waals surface area (Å²) in [7, 11) is 1.16. The van der Waals surface area contributed by atoms with E-state index in [9.17, 15) is 28.8 Å². The minimum absolute atomic E-state index is 0.00798. The molecule has 1 atom stereocenters. The van der Waals surface area contributed by atoms with Gasteiger partial charge in [0.2, 0.25) is 0 Å². The predicted octanol–water partition coefficient (Wildman–Crippen LogP) is 1.29. The van der Waals surface area contributed by atoms with Gasteiger partial charge >= 0.3 is 23.9 Å². The van der Waals surface area contributed by atoms with Crippen molar-refractivity contribution in [3.8, 4) is 0 Å². The summed E-state index contributed by atoms with van der Waals surface area (Å²) in [6, 6.07) is 10.1. The zero-order chi connectivity index (χ0) is 36.7. The Morgan fingerprint density at radius 2 is 1.28 bits per heavy atom. The fraction of sp³-hybridized carbons (Fsp3) is 0.543.